The molecule has 2 aromatic carbocycles. The number of amidine groups is 1. The van der Waals surface area contributed by atoms with Crippen molar-refractivity contribution in [2.45, 2.75) is 31.7 Å². The topological polar surface area (TPSA) is 50.8 Å². The molecule has 0 spiro atoms. The largest absolute Gasteiger partial charge is 0.435 e. The molecule has 2 aromatic rings. The second-order valence-corrected chi connectivity index (χ2v) is 7.39. The number of rotatable bonds is 4. The highest BCUT2D eigenvalue weighted by molar-refractivity contribution is 6.35. The lowest BCUT2D eigenvalue weighted by Crippen LogP contribution is -2.44. The van der Waals surface area contributed by atoms with Crippen molar-refractivity contribution >= 4 is 34.7 Å². The summed E-state index contributed by atoms with van der Waals surface area (Å²) in [5.41, 5.74) is 2.72. The van der Waals surface area contributed by atoms with Crippen LogP contribution in [0.2, 0.25) is 10.0 Å². The Hall–Kier alpha value is -2.10. The number of hydrogen-bond donors (Lipinski definition) is 1. The summed E-state index contributed by atoms with van der Waals surface area (Å²) in [6.07, 6.45) is -5.65. The summed E-state index contributed by atoms with van der Waals surface area (Å²) < 4.78 is 69.9. The van der Waals surface area contributed by atoms with E-state index < -0.39 is 45.4 Å². The van der Waals surface area contributed by atoms with Crippen molar-refractivity contribution < 1.29 is 26.8 Å². The van der Waals surface area contributed by atoms with Crippen LogP contribution in [0.15, 0.2) is 35.5 Å². The van der Waals surface area contributed by atoms with Gasteiger partial charge in [0.15, 0.2) is 11.7 Å². The number of alkyl halides is 3. The average Bonchev–Trinajstić information content (AvgIpc) is 3.14. The third kappa shape index (κ3) is 3.81. The van der Waals surface area contributed by atoms with Gasteiger partial charge in [0.05, 0.1) is 16.5 Å². The van der Waals surface area contributed by atoms with E-state index in [0.29, 0.717) is 5.69 Å². The molecule has 0 aromatic heterocycles. The van der Waals surface area contributed by atoms with Crippen LogP contribution >= 0.6 is 23.2 Å². The van der Waals surface area contributed by atoms with E-state index in [1.165, 1.54) is 23.1 Å². The molecule has 0 bridgehead atoms. The molecule has 0 saturated carbocycles. The fourth-order valence-electron chi connectivity index (χ4n) is 3.22. The smallest absolute Gasteiger partial charge is 0.372 e. The Labute approximate surface area is 179 Å². The highest BCUT2D eigenvalue weighted by Crippen LogP contribution is 2.50. The van der Waals surface area contributed by atoms with Gasteiger partial charge in [-0.1, -0.05) is 28.4 Å². The average molecular weight is 468 g/mol. The first kappa shape index (κ1) is 22.6. The Morgan fingerprint density at radius 3 is 2.33 bits per heavy atom. The predicted octanol–water partition coefficient (Wildman–Crippen LogP) is 5.75. The van der Waals surface area contributed by atoms with Crippen LogP contribution < -0.4 is 10.6 Å². The van der Waals surface area contributed by atoms with Crippen LogP contribution in [0.3, 0.4) is 0 Å². The Balaban J connectivity index is 2.03. The maximum absolute atomic E-state index is 14.1. The van der Waals surface area contributed by atoms with Crippen LogP contribution in [-0.4, -0.2) is 18.6 Å². The van der Waals surface area contributed by atoms with Crippen LogP contribution in [-0.2, 0) is 17.0 Å². The molecule has 1 atom stereocenters. The summed E-state index contributed by atoms with van der Waals surface area (Å²) >= 11 is 11.4. The predicted molar refractivity (Wildman–Crippen MR) is 105 cm³/mol. The third-order valence-electron chi connectivity index (χ3n) is 4.81. The Bertz CT molecular complexity index is 976. The van der Waals surface area contributed by atoms with Crippen LogP contribution in [0.1, 0.15) is 24.5 Å². The van der Waals surface area contributed by atoms with Crippen LogP contribution in [0, 0.1) is 11.6 Å². The molecule has 2 N–H and O–H groups in total. The van der Waals surface area contributed by atoms with Crippen molar-refractivity contribution in [2.24, 2.45) is 10.9 Å². The lowest BCUT2D eigenvalue weighted by atomic mass is 9.89. The summed E-state index contributed by atoms with van der Waals surface area (Å²) in [6, 6.07) is 5.64. The minimum absolute atomic E-state index is 0.0547. The number of hydrogen-bond acceptors (Lipinski definition) is 4. The van der Waals surface area contributed by atoms with Gasteiger partial charge in [-0.15, -0.1) is 0 Å². The fourth-order valence-corrected chi connectivity index (χ4v) is 3.71. The summed E-state index contributed by atoms with van der Waals surface area (Å²) in [6.45, 7) is 1.82. The molecule has 3 rings (SSSR count). The van der Waals surface area contributed by atoms with E-state index in [1.807, 2.05) is 0 Å². The molecule has 1 aliphatic rings. The van der Waals surface area contributed by atoms with E-state index in [4.69, 9.17) is 33.8 Å². The summed E-state index contributed by atoms with van der Waals surface area (Å²) in [5, 5.41) is 2.51. The molecule has 1 unspecified atom stereocenters. The number of oxime groups is 1. The van der Waals surface area contributed by atoms with E-state index in [0.717, 1.165) is 12.1 Å². The van der Waals surface area contributed by atoms with Gasteiger partial charge in [-0.3, -0.25) is 0 Å². The van der Waals surface area contributed by atoms with Crippen molar-refractivity contribution in [3.05, 3.63) is 63.1 Å². The van der Waals surface area contributed by atoms with E-state index in [2.05, 4.69) is 5.16 Å². The van der Waals surface area contributed by atoms with Crippen LogP contribution in [0.25, 0.3) is 0 Å². The van der Waals surface area contributed by atoms with E-state index in [1.54, 1.807) is 6.92 Å². The number of nitrogens with zero attached hydrogens (tertiary/aromatic N) is 2. The van der Waals surface area contributed by atoms with Crippen molar-refractivity contribution in [3.63, 3.8) is 0 Å². The quantitative estimate of drug-likeness (QED) is 0.460. The minimum Gasteiger partial charge on any atom is -0.372 e. The van der Waals surface area contributed by atoms with Gasteiger partial charge in [-0.2, -0.15) is 13.2 Å². The SMILES string of the molecule is CCN(C1=NOC(c2cc(Cl)c(F)c(Cl)c2)(C(F)(F)F)C1)c1ccc(F)c(CN)c1. The zero-order valence-electron chi connectivity index (χ0n) is 15.5. The molecule has 30 heavy (non-hydrogen) atoms. The second-order valence-electron chi connectivity index (χ2n) is 6.58. The van der Waals surface area contributed by atoms with E-state index >= 15 is 0 Å². The maximum atomic E-state index is 14.1. The molecule has 1 aliphatic heterocycles. The molecule has 0 aliphatic carbocycles. The van der Waals surface area contributed by atoms with Gasteiger partial charge in [0.25, 0.3) is 5.60 Å². The minimum atomic E-state index is -4.92. The number of benzene rings is 2. The Kier molecular flexibility index (Phi) is 6.18. The number of nitrogens with two attached hydrogens (primary N) is 1. The second kappa shape index (κ2) is 8.20. The zero-order valence-corrected chi connectivity index (χ0v) is 17.0. The van der Waals surface area contributed by atoms with Crippen molar-refractivity contribution in [1.29, 1.82) is 0 Å². The van der Waals surface area contributed by atoms with E-state index in [9.17, 15) is 22.0 Å². The molecule has 0 fully saturated rings. The van der Waals surface area contributed by atoms with Gasteiger partial charge in [-0.25, -0.2) is 8.78 Å². The standard InChI is InChI=1S/C19H16Cl2F5N3O/c1-2-29(12-3-4-15(22)10(5-12)9-27)16-8-18(30-28-16,19(24,25)26)11-6-13(20)17(23)14(21)7-11/h3-7H,2,8-9,27H2,1H3. The maximum Gasteiger partial charge on any atom is 0.435 e. The molecule has 162 valence electrons. The van der Waals surface area contributed by atoms with Crippen LogP contribution in [0.4, 0.5) is 27.6 Å². The lowest BCUT2D eigenvalue weighted by Gasteiger charge is -2.30. The molecule has 0 radical (unpaired) electrons. The van der Waals surface area contributed by atoms with Gasteiger partial charge in [0, 0.05) is 29.9 Å². The monoisotopic (exact) mass is 467 g/mol. The Morgan fingerprint density at radius 1 is 1.17 bits per heavy atom. The first-order chi connectivity index (χ1) is 14.0. The van der Waals surface area contributed by atoms with Crippen molar-refractivity contribution in [1.82, 2.24) is 0 Å². The molecule has 1 heterocycles. The molecule has 4 nitrogen and oxygen atoms in total. The molecule has 0 saturated heterocycles. The summed E-state index contributed by atoms with van der Waals surface area (Å²) in [5.74, 6) is -1.61. The van der Waals surface area contributed by atoms with Crippen molar-refractivity contribution in [2.75, 3.05) is 11.4 Å². The molecular formula is C19H16Cl2F5N3O. The van der Waals surface area contributed by atoms with Gasteiger partial charge in [-0.05, 0) is 37.3 Å². The zero-order chi connectivity index (χ0) is 22.3. The fraction of sp³-hybridized carbons (Fsp3) is 0.316. The van der Waals surface area contributed by atoms with Gasteiger partial charge in [0.1, 0.15) is 5.82 Å². The number of anilines is 1. The number of halogens is 7. The van der Waals surface area contributed by atoms with E-state index in [-0.39, 0.29) is 24.5 Å². The molecular weight excluding hydrogens is 452 g/mol. The van der Waals surface area contributed by atoms with Crippen LogP contribution in [0.5, 0.6) is 0 Å². The third-order valence-corrected chi connectivity index (χ3v) is 5.36. The first-order valence-corrected chi connectivity index (χ1v) is 9.52. The summed E-state index contributed by atoms with van der Waals surface area (Å²) in [4.78, 5) is 6.36. The van der Waals surface area contributed by atoms with Crippen molar-refractivity contribution in [3.8, 4) is 0 Å². The summed E-state index contributed by atoms with van der Waals surface area (Å²) in [7, 11) is 0. The molecule has 11 heteroatoms. The van der Waals surface area contributed by atoms with Gasteiger partial charge in [0.2, 0.25) is 0 Å². The normalized spacial score (nSPS) is 18.9. The first-order valence-electron chi connectivity index (χ1n) is 8.77. The highest BCUT2D eigenvalue weighted by atomic mass is 35.5. The highest BCUT2D eigenvalue weighted by Gasteiger charge is 2.63. The van der Waals surface area contributed by atoms with Gasteiger partial charge >= 0.3 is 6.18 Å². The van der Waals surface area contributed by atoms with Gasteiger partial charge < -0.3 is 15.5 Å². The molecule has 0 amide bonds. The lowest BCUT2D eigenvalue weighted by molar-refractivity contribution is -0.275. The Morgan fingerprint density at radius 2 is 1.80 bits per heavy atom.